The molecule has 3 aromatic carbocycles. The molecule has 0 bridgehead atoms. The third-order valence-electron chi connectivity index (χ3n) is 6.80. The molecule has 2 unspecified atom stereocenters. The third kappa shape index (κ3) is 4.15. The molecule has 0 saturated heterocycles. The van der Waals surface area contributed by atoms with E-state index in [0.717, 1.165) is 5.56 Å². The van der Waals surface area contributed by atoms with Crippen LogP contribution in [-0.2, 0) is 9.59 Å². The number of fused-ring (bicyclic) bond motifs is 1. The van der Waals surface area contributed by atoms with E-state index in [1.54, 1.807) is 42.2 Å². The number of non-ortho nitro benzene ring substituents is 1. The van der Waals surface area contributed by atoms with Gasteiger partial charge in [0.2, 0.25) is 5.91 Å². The van der Waals surface area contributed by atoms with Crippen molar-refractivity contribution in [1.29, 1.82) is 0 Å². The second kappa shape index (κ2) is 9.37. The van der Waals surface area contributed by atoms with Crippen molar-refractivity contribution in [3.63, 3.8) is 0 Å². The summed E-state index contributed by atoms with van der Waals surface area (Å²) < 4.78 is 13.5. The van der Waals surface area contributed by atoms with E-state index in [2.05, 4.69) is 5.32 Å². The Morgan fingerprint density at radius 1 is 1.06 bits per heavy atom. The molecule has 0 saturated carbocycles. The van der Waals surface area contributed by atoms with E-state index in [-0.39, 0.29) is 42.0 Å². The smallest absolute Gasteiger partial charge is 0.269 e. The van der Waals surface area contributed by atoms with E-state index in [4.69, 9.17) is 0 Å². The summed E-state index contributed by atoms with van der Waals surface area (Å²) in [6.07, 6.45) is 0.845. The van der Waals surface area contributed by atoms with Gasteiger partial charge in [0.15, 0.2) is 5.78 Å². The number of hydrogen-bond acceptors (Lipinski definition) is 5. The molecular weight excluding hydrogens is 461 g/mol. The first-order valence-corrected chi connectivity index (χ1v) is 11.8. The van der Waals surface area contributed by atoms with Crippen molar-refractivity contribution in [2.24, 2.45) is 0 Å². The molecule has 2 atom stereocenters. The number of halogens is 1. The maximum atomic E-state index is 13.8. The van der Waals surface area contributed by atoms with Crippen molar-refractivity contribution in [2.75, 3.05) is 10.2 Å². The number of nitro groups is 1. The molecule has 7 nitrogen and oxygen atoms in total. The molecule has 36 heavy (non-hydrogen) atoms. The van der Waals surface area contributed by atoms with Crippen LogP contribution in [0.3, 0.4) is 0 Å². The number of benzene rings is 3. The summed E-state index contributed by atoms with van der Waals surface area (Å²) in [5.74, 6) is -0.878. The summed E-state index contributed by atoms with van der Waals surface area (Å²) in [5, 5.41) is 15.0. The Kier molecular flexibility index (Phi) is 6.10. The lowest BCUT2D eigenvalue weighted by Gasteiger charge is -2.35. The molecule has 0 aromatic heterocycles. The molecule has 0 fully saturated rings. The fraction of sp³-hybridized carbons (Fsp3) is 0.214. The first kappa shape index (κ1) is 23.4. The van der Waals surface area contributed by atoms with Crippen molar-refractivity contribution in [2.45, 2.75) is 38.1 Å². The van der Waals surface area contributed by atoms with Crippen LogP contribution >= 0.6 is 0 Å². The van der Waals surface area contributed by atoms with Crippen LogP contribution in [0.1, 0.15) is 49.3 Å². The van der Waals surface area contributed by atoms with Gasteiger partial charge in [-0.1, -0.05) is 43.3 Å². The first-order valence-electron chi connectivity index (χ1n) is 11.8. The lowest BCUT2D eigenvalue weighted by Crippen LogP contribution is -2.38. The van der Waals surface area contributed by atoms with Crippen molar-refractivity contribution >= 4 is 28.8 Å². The Morgan fingerprint density at radius 2 is 1.81 bits per heavy atom. The monoisotopic (exact) mass is 485 g/mol. The molecule has 1 heterocycles. The number of hydrogen-bond donors (Lipinski definition) is 1. The van der Waals surface area contributed by atoms with Gasteiger partial charge in [0.25, 0.3) is 5.69 Å². The number of carbonyl (C=O) groups is 2. The van der Waals surface area contributed by atoms with Crippen molar-refractivity contribution in [1.82, 2.24) is 0 Å². The summed E-state index contributed by atoms with van der Waals surface area (Å²) in [7, 11) is 0. The van der Waals surface area contributed by atoms with E-state index in [9.17, 15) is 24.1 Å². The second-order valence-electron chi connectivity index (χ2n) is 8.99. The van der Waals surface area contributed by atoms with Crippen molar-refractivity contribution in [3.05, 3.63) is 111 Å². The number of anilines is 2. The fourth-order valence-corrected chi connectivity index (χ4v) is 5.13. The highest BCUT2D eigenvalue weighted by Crippen LogP contribution is 2.47. The van der Waals surface area contributed by atoms with Gasteiger partial charge < -0.3 is 5.32 Å². The van der Waals surface area contributed by atoms with E-state index in [1.807, 2.05) is 18.2 Å². The van der Waals surface area contributed by atoms with Crippen LogP contribution in [0.2, 0.25) is 0 Å². The van der Waals surface area contributed by atoms with E-state index in [0.29, 0.717) is 34.6 Å². The fourth-order valence-electron chi connectivity index (χ4n) is 5.13. The number of ketones is 1. The minimum absolute atomic E-state index is 0.114. The largest absolute Gasteiger partial charge is 0.357 e. The standard InChI is InChI=1S/C28H24FN3O4/c1-2-26(34)31-24-9-4-3-8-22(24)30-23-15-19(17-10-12-20(29)13-11-17)16-25(33)27(23)28(31)18-6-5-7-21(14-18)32(35)36/h3-14,19,28,30H,2,15-16H2,1H3. The zero-order chi connectivity index (χ0) is 25.4. The third-order valence-corrected chi connectivity index (χ3v) is 6.80. The Hall–Kier alpha value is -4.33. The molecule has 5 rings (SSSR count). The van der Waals surface area contributed by atoms with Crippen molar-refractivity contribution < 1.29 is 18.9 Å². The van der Waals surface area contributed by atoms with Gasteiger partial charge in [-0.25, -0.2) is 4.39 Å². The number of amides is 1. The summed E-state index contributed by atoms with van der Waals surface area (Å²) in [5.41, 5.74) is 3.59. The molecule has 1 amide bonds. The predicted molar refractivity (Wildman–Crippen MR) is 134 cm³/mol. The van der Waals surface area contributed by atoms with Crippen LogP contribution in [-0.4, -0.2) is 16.6 Å². The minimum atomic E-state index is -0.829. The lowest BCUT2D eigenvalue weighted by atomic mass is 9.78. The van der Waals surface area contributed by atoms with Gasteiger partial charge >= 0.3 is 0 Å². The molecule has 1 aliphatic heterocycles. The van der Waals surface area contributed by atoms with Gasteiger partial charge in [0, 0.05) is 36.2 Å². The Balaban J connectivity index is 1.72. The molecule has 3 aromatic rings. The molecule has 0 spiro atoms. The number of nitrogens with zero attached hydrogens (tertiary/aromatic N) is 2. The molecule has 8 heteroatoms. The lowest BCUT2D eigenvalue weighted by molar-refractivity contribution is -0.384. The van der Waals surface area contributed by atoms with Crippen LogP contribution in [0.5, 0.6) is 0 Å². The van der Waals surface area contributed by atoms with Crippen LogP contribution in [0.4, 0.5) is 21.5 Å². The topological polar surface area (TPSA) is 92.6 Å². The maximum Gasteiger partial charge on any atom is 0.269 e. The number of carbonyl (C=O) groups excluding carboxylic acids is 2. The Labute approximate surface area is 207 Å². The van der Waals surface area contributed by atoms with Gasteiger partial charge in [-0.2, -0.15) is 0 Å². The number of allylic oxidation sites excluding steroid dienone is 1. The Morgan fingerprint density at radius 3 is 2.53 bits per heavy atom. The summed E-state index contributed by atoms with van der Waals surface area (Å²) >= 11 is 0. The SMILES string of the molecule is CCC(=O)N1c2ccccc2NC2=C(C(=O)CC(c3ccc(F)cc3)C2)C1c1cccc([N+](=O)[O-])c1. The van der Waals surface area contributed by atoms with Gasteiger partial charge in [-0.3, -0.25) is 24.6 Å². The maximum absolute atomic E-state index is 13.8. The summed E-state index contributed by atoms with van der Waals surface area (Å²) in [4.78, 5) is 39.8. The second-order valence-corrected chi connectivity index (χ2v) is 8.99. The Bertz CT molecular complexity index is 1400. The average Bonchev–Trinajstić information content (AvgIpc) is 3.03. The molecule has 2 aliphatic rings. The quantitative estimate of drug-likeness (QED) is 0.359. The first-order chi connectivity index (χ1) is 17.4. The zero-order valence-corrected chi connectivity index (χ0v) is 19.6. The molecular formula is C28H24FN3O4. The molecule has 182 valence electrons. The summed E-state index contributed by atoms with van der Waals surface area (Å²) in [6, 6.07) is 18.7. The normalized spacial score (nSPS) is 19.2. The van der Waals surface area contributed by atoms with E-state index < -0.39 is 11.0 Å². The number of nitrogens with one attached hydrogen (secondary N) is 1. The summed E-state index contributed by atoms with van der Waals surface area (Å²) in [6.45, 7) is 1.75. The number of para-hydroxylation sites is 2. The van der Waals surface area contributed by atoms with Gasteiger partial charge in [0.1, 0.15) is 5.82 Å². The zero-order valence-electron chi connectivity index (χ0n) is 19.6. The number of nitro benzene ring substituents is 1. The van der Waals surface area contributed by atoms with Crippen LogP contribution in [0, 0.1) is 15.9 Å². The van der Waals surface area contributed by atoms with Gasteiger partial charge in [-0.05, 0) is 47.7 Å². The van der Waals surface area contributed by atoms with Crippen LogP contribution in [0.25, 0.3) is 0 Å². The molecule has 1 N–H and O–H groups in total. The minimum Gasteiger partial charge on any atom is -0.357 e. The highest BCUT2D eigenvalue weighted by atomic mass is 19.1. The molecule has 1 aliphatic carbocycles. The van der Waals surface area contributed by atoms with Crippen molar-refractivity contribution in [3.8, 4) is 0 Å². The number of rotatable bonds is 4. The highest BCUT2D eigenvalue weighted by Gasteiger charge is 2.41. The predicted octanol–water partition coefficient (Wildman–Crippen LogP) is 6.04. The average molecular weight is 486 g/mol. The van der Waals surface area contributed by atoms with Gasteiger partial charge in [0.05, 0.1) is 22.3 Å². The van der Waals surface area contributed by atoms with E-state index >= 15 is 0 Å². The van der Waals surface area contributed by atoms with Gasteiger partial charge in [-0.15, -0.1) is 0 Å². The van der Waals surface area contributed by atoms with E-state index in [1.165, 1.54) is 24.3 Å². The van der Waals surface area contributed by atoms with Crippen LogP contribution in [0.15, 0.2) is 84.1 Å². The highest BCUT2D eigenvalue weighted by molar-refractivity contribution is 6.06. The number of Topliss-reactive ketones (excluding diaryl/α,β-unsaturated/α-hetero) is 1. The van der Waals surface area contributed by atoms with Crippen LogP contribution < -0.4 is 10.2 Å². The molecule has 0 radical (unpaired) electrons.